The molecule has 0 atom stereocenters. The second-order valence-corrected chi connectivity index (χ2v) is 6.16. The summed E-state index contributed by atoms with van der Waals surface area (Å²) in [6, 6.07) is 11.1. The monoisotopic (exact) mass is 429 g/mol. The van der Waals surface area contributed by atoms with Gasteiger partial charge in [-0.3, -0.25) is 4.79 Å². The highest BCUT2D eigenvalue weighted by molar-refractivity contribution is 6.32. The van der Waals surface area contributed by atoms with Crippen LogP contribution in [0.1, 0.15) is 17.3 Å². The minimum atomic E-state index is -0.631. The predicted molar refractivity (Wildman–Crippen MR) is 113 cm³/mol. The number of esters is 1. The smallest absolute Gasteiger partial charge is 0.338 e. The van der Waals surface area contributed by atoms with Crippen molar-refractivity contribution in [3.63, 3.8) is 0 Å². The molecule has 156 valence electrons. The Bertz CT molecular complexity index is 997. The number of methoxy groups -OCH3 is 2. The van der Waals surface area contributed by atoms with E-state index in [9.17, 15) is 14.9 Å². The molecule has 0 aromatic heterocycles. The van der Waals surface area contributed by atoms with Gasteiger partial charge in [0, 0.05) is 24.0 Å². The number of nitriles is 1. The maximum atomic E-state index is 12.4. The van der Waals surface area contributed by atoms with Crippen LogP contribution < -0.4 is 20.1 Å². The van der Waals surface area contributed by atoms with Crippen LogP contribution >= 0.6 is 11.6 Å². The lowest BCUT2D eigenvalue weighted by Gasteiger charge is -2.12. The zero-order valence-electron chi connectivity index (χ0n) is 16.6. The third kappa shape index (κ3) is 5.65. The molecule has 0 heterocycles. The third-order valence-corrected chi connectivity index (χ3v) is 4.16. The van der Waals surface area contributed by atoms with Crippen molar-refractivity contribution in [2.45, 2.75) is 6.92 Å². The molecule has 0 fully saturated rings. The normalized spacial score (nSPS) is 10.6. The Hall–Kier alpha value is -3.70. The number of nitrogens with one attached hydrogen (secondary N) is 2. The zero-order valence-corrected chi connectivity index (χ0v) is 17.4. The number of ether oxygens (including phenoxy) is 3. The number of benzene rings is 2. The minimum absolute atomic E-state index is 0.180. The number of hydrogen-bond acceptors (Lipinski definition) is 7. The van der Waals surface area contributed by atoms with Gasteiger partial charge in [0.2, 0.25) is 0 Å². The molecule has 8 nitrogen and oxygen atoms in total. The van der Waals surface area contributed by atoms with Crippen LogP contribution in [-0.2, 0) is 9.53 Å². The summed E-state index contributed by atoms with van der Waals surface area (Å²) < 4.78 is 15.3. The summed E-state index contributed by atoms with van der Waals surface area (Å²) in [4.78, 5) is 24.1. The van der Waals surface area contributed by atoms with Crippen molar-refractivity contribution >= 4 is 34.9 Å². The molecular formula is C21H20ClN3O5. The molecule has 2 N–H and O–H groups in total. The average Bonchev–Trinajstić information content (AvgIpc) is 2.75. The van der Waals surface area contributed by atoms with E-state index >= 15 is 0 Å². The number of hydrogen-bond donors (Lipinski definition) is 2. The highest BCUT2D eigenvalue weighted by Crippen LogP contribution is 2.35. The van der Waals surface area contributed by atoms with Crippen molar-refractivity contribution in [3.8, 4) is 17.6 Å². The molecule has 2 aromatic rings. The van der Waals surface area contributed by atoms with E-state index in [1.165, 1.54) is 32.6 Å². The first-order chi connectivity index (χ1) is 14.4. The van der Waals surface area contributed by atoms with Crippen LogP contribution in [0.2, 0.25) is 5.02 Å². The second-order valence-electron chi connectivity index (χ2n) is 5.75. The van der Waals surface area contributed by atoms with Crippen molar-refractivity contribution in [1.82, 2.24) is 0 Å². The van der Waals surface area contributed by atoms with Crippen LogP contribution in [0.4, 0.5) is 11.4 Å². The molecule has 0 saturated heterocycles. The highest BCUT2D eigenvalue weighted by atomic mass is 35.5. The van der Waals surface area contributed by atoms with Gasteiger partial charge in [-0.05, 0) is 31.2 Å². The fraction of sp³-hybridized carbons (Fsp3) is 0.190. The Balaban J connectivity index is 2.14. The molecule has 0 aliphatic rings. The number of carbonyl (C=O) groups excluding carboxylic acids is 2. The molecular weight excluding hydrogens is 410 g/mol. The van der Waals surface area contributed by atoms with Crippen molar-refractivity contribution in [2.24, 2.45) is 0 Å². The fourth-order valence-corrected chi connectivity index (χ4v) is 2.61. The summed E-state index contributed by atoms with van der Waals surface area (Å²) in [5.74, 6) is -0.277. The largest absolute Gasteiger partial charge is 0.495 e. The maximum absolute atomic E-state index is 12.4. The predicted octanol–water partition coefficient (Wildman–Crippen LogP) is 3.99. The number of amides is 1. The van der Waals surface area contributed by atoms with E-state index in [1.54, 1.807) is 31.2 Å². The van der Waals surface area contributed by atoms with E-state index in [0.717, 1.165) is 0 Å². The lowest BCUT2D eigenvalue weighted by atomic mass is 10.2. The van der Waals surface area contributed by atoms with E-state index in [-0.39, 0.29) is 12.2 Å². The van der Waals surface area contributed by atoms with Crippen LogP contribution in [0, 0.1) is 11.3 Å². The Labute approximate surface area is 179 Å². The van der Waals surface area contributed by atoms with E-state index < -0.39 is 11.9 Å². The van der Waals surface area contributed by atoms with Gasteiger partial charge in [0.25, 0.3) is 5.91 Å². The zero-order chi connectivity index (χ0) is 22.1. The standard InChI is InChI=1S/C21H20ClN3O5/c1-4-30-21(27)13-5-7-15(8-6-13)25-20(26)14(11-23)12-24-17-10-18(28-2)16(22)9-19(17)29-3/h5-10,12,24H,4H2,1-3H3,(H,25,26)/b14-12-. The molecule has 0 aliphatic heterocycles. The first-order valence-electron chi connectivity index (χ1n) is 8.80. The van der Waals surface area contributed by atoms with Crippen LogP contribution in [0.15, 0.2) is 48.2 Å². The first-order valence-corrected chi connectivity index (χ1v) is 9.18. The molecule has 30 heavy (non-hydrogen) atoms. The van der Waals surface area contributed by atoms with Gasteiger partial charge in [0.05, 0.1) is 37.1 Å². The summed E-state index contributed by atoms with van der Waals surface area (Å²) in [5, 5.41) is 15.1. The molecule has 1 amide bonds. The lowest BCUT2D eigenvalue weighted by Crippen LogP contribution is -2.15. The molecule has 0 unspecified atom stereocenters. The number of halogens is 1. The summed E-state index contributed by atoms with van der Waals surface area (Å²) in [7, 11) is 2.93. The molecule has 2 aromatic carbocycles. The van der Waals surface area contributed by atoms with Gasteiger partial charge < -0.3 is 24.8 Å². The van der Waals surface area contributed by atoms with Gasteiger partial charge in [-0.15, -0.1) is 0 Å². The van der Waals surface area contributed by atoms with Gasteiger partial charge in [0.15, 0.2) is 0 Å². The Morgan fingerprint density at radius 3 is 2.37 bits per heavy atom. The summed E-state index contributed by atoms with van der Waals surface area (Å²) in [6.07, 6.45) is 1.24. The van der Waals surface area contributed by atoms with Gasteiger partial charge in [-0.2, -0.15) is 5.26 Å². The van der Waals surface area contributed by atoms with Crippen LogP contribution in [0.3, 0.4) is 0 Å². The summed E-state index contributed by atoms with van der Waals surface area (Å²) in [6.45, 7) is 1.98. The van der Waals surface area contributed by atoms with Gasteiger partial charge >= 0.3 is 5.97 Å². The van der Waals surface area contributed by atoms with Crippen molar-refractivity contribution in [2.75, 3.05) is 31.5 Å². The topological polar surface area (TPSA) is 110 Å². The Morgan fingerprint density at radius 2 is 1.80 bits per heavy atom. The van der Waals surface area contributed by atoms with E-state index in [0.29, 0.717) is 33.5 Å². The number of anilines is 2. The SMILES string of the molecule is CCOC(=O)c1ccc(NC(=O)/C(C#N)=C\Nc2cc(OC)c(Cl)cc2OC)cc1. The molecule has 0 bridgehead atoms. The Kier molecular flexibility index (Phi) is 8.08. The molecule has 0 aliphatic carbocycles. The number of carbonyl (C=O) groups is 2. The van der Waals surface area contributed by atoms with Crippen molar-refractivity contribution < 1.29 is 23.8 Å². The molecule has 0 radical (unpaired) electrons. The van der Waals surface area contributed by atoms with Gasteiger partial charge in [-0.25, -0.2) is 4.79 Å². The van der Waals surface area contributed by atoms with Crippen molar-refractivity contribution in [1.29, 1.82) is 5.26 Å². The van der Waals surface area contributed by atoms with E-state index in [1.807, 2.05) is 6.07 Å². The minimum Gasteiger partial charge on any atom is -0.495 e. The quantitative estimate of drug-likeness (QED) is 0.371. The third-order valence-electron chi connectivity index (χ3n) is 3.86. The number of nitrogens with zero attached hydrogens (tertiary/aromatic N) is 1. The summed E-state index contributed by atoms with van der Waals surface area (Å²) >= 11 is 6.07. The molecule has 2 rings (SSSR count). The van der Waals surface area contributed by atoms with Gasteiger partial charge in [0.1, 0.15) is 23.1 Å². The van der Waals surface area contributed by atoms with Crippen LogP contribution in [-0.4, -0.2) is 32.7 Å². The van der Waals surface area contributed by atoms with E-state index in [2.05, 4.69) is 10.6 Å². The van der Waals surface area contributed by atoms with Crippen LogP contribution in [0.5, 0.6) is 11.5 Å². The first kappa shape index (κ1) is 22.6. The molecule has 9 heteroatoms. The lowest BCUT2D eigenvalue weighted by molar-refractivity contribution is -0.112. The maximum Gasteiger partial charge on any atom is 0.338 e. The van der Waals surface area contributed by atoms with Crippen molar-refractivity contribution in [3.05, 3.63) is 58.8 Å². The Morgan fingerprint density at radius 1 is 1.13 bits per heavy atom. The van der Waals surface area contributed by atoms with E-state index in [4.69, 9.17) is 25.8 Å². The molecule has 0 saturated carbocycles. The number of rotatable bonds is 8. The summed E-state index contributed by atoms with van der Waals surface area (Å²) in [5.41, 5.74) is 1.05. The van der Waals surface area contributed by atoms with Gasteiger partial charge in [-0.1, -0.05) is 11.6 Å². The fourth-order valence-electron chi connectivity index (χ4n) is 2.37. The molecule has 0 spiro atoms. The average molecular weight is 430 g/mol. The second kappa shape index (κ2) is 10.7. The highest BCUT2D eigenvalue weighted by Gasteiger charge is 2.13. The van der Waals surface area contributed by atoms with Crippen LogP contribution in [0.25, 0.3) is 0 Å².